The molecule has 102 valence electrons. The van der Waals surface area contributed by atoms with Crippen molar-refractivity contribution in [2.24, 2.45) is 0 Å². The third-order valence-corrected chi connectivity index (χ3v) is 3.19. The van der Waals surface area contributed by atoms with E-state index < -0.39 is 16.5 Å². The maximum atomic E-state index is 12.0. The quantitative estimate of drug-likeness (QED) is 0.367. The van der Waals surface area contributed by atoms with E-state index in [0.717, 1.165) is 3.57 Å². The van der Waals surface area contributed by atoms with Crippen LogP contribution in [0.5, 0.6) is 0 Å². The summed E-state index contributed by atoms with van der Waals surface area (Å²) in [7, 11) is 0. The molecule has 2 heterocycles. The molecule has 0 saturated carbocycles. The van der Waals surface area contributed by atoms with Crippen molar-refractivity contribution >= 4 is 51.6 Å². The highest BCUT2D eigenvalue weighted by Crippen LogP contribution is 2.26. The van der Waals surface area contributed by atoms with Crippen molar-refractivity contribution in [3.05, 3.63) is 55.0 Å². The average Bonchev–Trinajstić information content (AvgIpc) is 2.40. The number of aromatic nitrogens is 2. The number of nitro groups is 1. The van der Waals surface area contributed by atoms with Crippen molar-refractivity contribution < 1.29 is 9.72 Å². The first-order chi connectivity index (χ1) is 9.49. The molecule has 1 N–H and O–H groups in total. The van der Waals surface area contributed by atoms with Crippen LogP contribution in [-0.4, -0.2) is 20.8 Å². The zero-order valence-electron chi connectivity index (χ0n) is 9.71. The molecule has 0 fully saturated rings. The summed E-state index contributed by atoms with van der Waals surface area (Å²) >= 11 is 7.71. The zero-order chi connectivity index (χ0) is 14.7. The van der Waals surface area contributed by atoms with Crippen molar-refractivity contribution in [3.8, 4) is 0 Å². The van der Waals surface area contributed by atoms with E-state index in [1.54, 1.807) is 18.3 Å². The minimum atomic E-state index is -0.744. The predicted molar refractivity (Wildman–Crippen MR) is 80.8 cm³/mol. The van der Waals surface area contributed by atoms with Gasteiger partial charge in [0.1, 0.15) is 11.4 Å². The summed E-state index contributed by atoms with van der Waals surface area (Å²) in [6, 6.07) is 4.57. The first kappa shape index (κ1) is 14.6. The Kier molecular flexibility index (Phi) is 4.45. The molecule has 0 aliphatic rings. The highest BCUT2D eigenvalue weighted by atomic mass is 127. The van der Waals surface area contributed by atoms with Gasteiger partial charge in [-0.1, -0.05) is 11.6 Å². The van der Waals surface area contributed by atoms with Gasteiger partial charge in [-0.05, 0) is 40.8 Å². The van der Waals surface area contributed by atoms with E-state index in [-0.39, 0.29) is 16.5 Å². The Bertz CT molecular complexity index is 678. The summed E-state index contributed by atoms with van der Waals surface area (Å²) in [4.78, 5) is 29.8. The van der Waals surface area contributed by atoms with Gasteiger partial charge < -0.3 is 5.32 Å². The molecular weight excluding hydrogens is 399 g/mol. The summed E-state index contributed by atoms with van der Waals surface area (Å²) in [5.74, 6) is -0.382. The van der Waals surface area contributed by atoms with Gasteiger partial charge in [-0.25, -0.2) is 9.97 Å². The third-order valence-electron chi connectivity index (χ3n) is 2.28. The third kappa shape index (κ3) is 3.20. The topological polar surface area (TPSA) is 98.0 Å². The minimum Gasteiger partial charge on any atom is -0.306 e. The number of carbonyl (C=O) groups is 1. The second-order valence-corrected chi connectivity index (χ2v) is 5.17. The van der Waals surface area contributed by atoms with Crippen LogP contribution >= 0.6 is 34.2 Å². The lowest BCUT2D eigenvalue weighted by Gasteiger charge is -2.05. The van der Waals surface area contributed by atoms with E-state index in [2.05, 4.69) is 37.9 Å². The molecule has 2 rings (SSSR count). The number of carbonyl (C=O) groups excluding carboxylic acids is 1. The van der Waals surface area contributed by atoms with E-state index in [4.69, 9.17) is 11.6 Å². The van der Waals surface area contributed by atoms with Gasteiger partial charge in [0.15, 0.2) is 0 Å². The fourth-order valence-corrected chi connectivity index (χ4v) is 1.96. The fraction of sp³-hybridized carbons (Fsp3) is 0. The number of pyridine rings is 2. The summed E-state index contributed by atoms with van der Waals surface area (Å²) in [6.07, 6.45) is 2.79. The number of hydrogen-bond donors (Lipinski definition) is 1. The van der Waals surface area contributed by atoms with Crippen LogP contribution in [0.1, 0.15) is 10.4 Å². The van der Waals surface area contributed by atoms with Crippen molar-refractivity contribution in [3.63, 3.8) is 0 Å². The van der Waals surface area contributed by atoms with Crippen LogP contribution in [0.3, 0.4) is 0 Å². The summed E-state index contributed by atoms with van der Waals surface area (Å²) in [6.45, 7) is 0. The molecule has 2 aromatic heterocycles. The lowest BCUT2D eigenvalue weighted by Crippen LogP contribution is -2.15. The first-order valence-corrected chi connectivity index (χ1v) is 6.66. The highest BCUT2D eigenvalue weighted by molar-refractivity contribution is 14.1. The van der Waals surface area contributed by atoms with Gasteiger partial charge in [-0.15, -0.1) is 0 Å². The lowest BCUT2D eigenvalue weighted by molar-refractivity contribution is -0.385. The number of nitrogens with zero attached hydrogens (tertiary/aromatic N) is 3. The van der Waals surface area contributed by atoms with Gasteiger partial charge in [0.05, 0.1) is 4.92 Å². The normalized spacial score (nSPS) is 10.1. The van der Waals surface area contributed by atoms with Crippen molar-refractivity contribution in [1.82, 2.24) is 9.97 Å². The second-order valence-electron chi connectivity index (χ2n) is 3.57. The standard InChI is InChI=1S/C11H6ClIN4O3/c12-10-9(17(19)20)7(3-4-14-10)11(18)16-8-2-1-6(13)5-15-8/h1-5H,(H,15,16,18). The molecule has 0 aliphatic carbocycles. The Labute approximate surface area is 131 Å². The molecule has 0 atom stereocenters. The molecule has 2 aromatic rings. The van der Waals surface area contributed by atoms with Crippen LogP contribution in [0.15, 0.2) is 30.6 Å². The molecule has 0 aliphatic heterocycles. The molecule has 0 aromatic carbocycles. The minimum absolute atomic E-state index is 0.171. The van der Waals surface area contributed by atoms with Crippen LogP contribution in [0.2, 0.25) is 5.15 Å². The smallest absolute Gasteiger partial charge is 0.306 e. The summed E-state index contributed by atoms with van der Waals surface area (Å²) in [5, 5.41) is 13.1. The van der Waals surface area contributed by atoms with Gasteiger partial charge in [0.25, 0.3) is 5.91 Å². The largest absolute Gasteiger partial charge is 0.319 e. The van der Waals surface area contributed by atoms with Crippen molar-refractivity contribution in [2.75, 3.05) is 5.32 Å². The van der Waals surface area contributed by atoms with E-state index in [0.29, 0.717) is 0 Å². The summed E-state index contributed by atoms with van der Waals surface area (Å²) < 4.78 is 0.901. The Morgan fingerprint density at radius 2 is 2.10 bits per heavy atom. The average molecular weight is 405 g/mol. The van der Waals surface area contributed by atoms with Gasteiger partial charge in [-0.3, -0.25) is 14.9 Å². The Morgan fingerprint density at radius 3 is 2.70 bits per heavy atom. The molecule has 0 unspecified atom stereocenters. The Balaban J connectivity index is 2.32. The van der Waals surface area contributed by atoms with E-state index in [1.807, 2.05) is 0 Å². The van der Waals surface area contributed by atoms with E-state index >= 15 is 0 Å². The molecular formula is C11H6ClIN4O3. The van der Waals surface area contributed by atoms with Gasteiger partial charge >= 0.3 is 5.69 Å². The van der Waals surface area contributed by atoms with Crippen LogP contribution in [0.4, 0.5) is 11.5 Å². The van der Waals surface area contributed by atoms with Gasteiger partial charge in [0, 0.05) is 16.0 Å². The Hall–Kier alpha value is -1.81. The number of anilines is 1. The second kappa shape index (κ2) is 6.09. The molecule has 7 nitrogen and oxygen atoms in total. The van der Waals surface area contributed by atoms with Gasteiger partial charge in [-0.2, -0.15) is 0 Å². The predicted octanol–water partition coefficient (Wildman–Crippen LogP) is 2.90. The van der Waals surface area contributed by atoms with Crippen LogP contribution in [-0.2, 0) is 0 Å². The van der Waals surface area contributed by atoms with Crippen LogP contribution in [0, 0.1) is 13.7 Å². The number of nitrogens with one attached hydrogen (secondary N) is 1. The SMILES string of the molecule is O=C(Nc1ccc(I)cn1)c1ccnc(Cl)c1[N+](=O)[O-]. The number of hydrogen-bond acceptors (Lipinski definition) is 5. The van der Waals surface area contributed by atoms with Crippen molar-refractivity contribution in [1.29, 1.82) is 0 Å². The van der Waals surface area contributed by atoms with Crippen molar-refractivity contribution in [2.45, 2.75) is 0 Å². The molecule has 1 amide bonds. The van der Waals surface area contributed by atoms with Gasteiger partial charge in [0.2, 0.25) is 5.15 Å². The molecule has 0 saturated heterocycles. The number of amides is 1. The van der Waals surface area contributed by atoms with E-state index in [9.17, 15) is 14.9 Å². The first-order valence-electron chi connectivity index (χ1n) is 5.21. The lowest BCUT2D eigenvalue weighted by atomic mass is 10.2. The maximum absolute atomic E-state index is 12.0. The molecule has 0 bridgehead atoms. The van der Waals surface area contributed by atoms with E-state index in [1.165, 1.54) is 12.3 Å². The molecule has 20 heavy (non-hydrogen) atoms. The Morgan fingerprint density at radius 1 is 1.35 bits per heavy atom. The van der Waals surface area contributed by atoms with Crippen LogP contribution < -0.4 is 5.32 Å². The highest BCUT2D eigenvalue weighted by Gasteiger charge is 2.24. The monoisotopic (exact) mass is 404 g/mol. The molecule has 9 heteroatoms. The molecule has 0 spiro atoms. The van der Waals surface area contributed by atoms with Crippen LogP contribution in [0.25, 0.3) is 0 Å². The summed E-state index contributed by atoms with van der Waals surface area (Å²) in [5.41, 5.74) is -0.701. The fourth-order valence-electron chi connectivity index (χ4n) is 1.42. The zero-order valence-corrected chi connectivity index (χ0v) is 12.6. The maximum Gasteiger partial charge on any atom is 0.319 e. The number of rotatable bonds is 3. The molecule has 0 radical (unpaired) electrons. The number of halogens is 2.